The van der Waals surface area contributed by atoms with Crippen LogP contribution in [0.25, 0.3) is 0 Å². The summed E-state index contributed by atoms with van der Waals surface area (Å²) in [6, 6.07) is 6.62. The van der Waals surface area contributed by atoms with Gasteiger partial charge in [0.15, 0.2) is 0 Å². The molecule has 3 amide bonds. The Hall–Kier alpha value is -2.94. The number of hydroxylamine groups is 2. The number of rotatable bonds is 8. The predicted octanol–water partition coefficient (Wildman–Crippen LogP) is 1.20. The molecule has 9 heteroatoms. The smallest absolute Gasteiger partial charge is 0.428 e. The molecule has 0 atom stereocenters. The van der Waals surface area contributed by atoms with E-state index in [1.54, 1.807) is 38.2 Å². The SMILES string of the molecule is CCCC(=O)N(C=O)OC(=O)OCc1ccc(NC(=O)CNC)cc1. The average Bonchev–Trinajstić information content (AvgIpc) is 2.59. The summed E-state index contributed by atoms with van der Waals surface area (Å²) in [5, 5.41) is 5.72. The zero-order valence-electron chi connectivity index (χ0n) is 14.1. The number of imide groups is 1. The van der Waals surface area contributed by atoms with Gasteiger partial charge in [0.25, 0.3) is 12.3 Å². The van der Waals surface area contributed by atoms with Gasteiger partial charge in [0.1, 0.15) is 6.61 Å². The van der Waals surface area contributed by atoms with Crippen LogP contribution in [-0.4, -0.2) is 43.0 Å². The fraction of sp³-hybridized carbons (Fsp3) is 0.375. The van der Waals surface area contributed by atoms with Crippen molar-refractivity contribution in [3.63, 3.8) is 0 Å². The van der Waals surface area contributed by atoms with Crippen molar-refractivity contribution in [2.45, 2.75) is 26.4 Å². The minimum absolute atomic E-state index is 0.0761. The number of nitrogens with zero attached hydrogens (tertiary/aromatic N) is 1. The summed E-state index contributed by atoms with van der Waals surface area (Å²) >= 11 is 0. The van der Waals surface area contributed by atoms with E-state index in [4.69, 9.17) is 4.74 Å². The maximum atomic E-state index is 11.5. The highest BCUT2D eigenvalue weighted by atomic mass is 16.8. The first-order chi connectivity index (χ1) is 12.0. The molecule has 0 heterocycles. The first kappa shape index (κ1) is 20.1. The fourth-order valence-electron chi connectivity index (χ4n) is 1.75. The number of likely N-dealkylation sites (N-methyl/N-ethyl adjacent to an activating group) is 1. The van der Waals surface area contributed by atoms with Crippen LogP contribution in [0.3, 0.4) is 0 Å². The second-order valence-corrected chi connectivity index (χ2v) is 4.98. The molecular weight excluding hydrogens is 330 g/mol. The standard InChI is InChI=1S/C16H21N3O6/c1-3-4-15(22)19(11-20)25-16(23)24-10-12-5-7-13(8-6-12)18-14(21)9-17-2/h5-8,11,17H,3-4,9-10H2,1-2H3,(H,18,21). The van der Waals surface area contributed by atoms with Gasteiger partial charge in [0, 0.05) is 12.1 Å². The Balaban J connectivity index is 2.46. The lowest BCUT2D eigenvalue weighted by Gasteiger charge is -2.13. The third kappa shape index (κ3) is 7.44. The van der Waals surface area contributed by atoms with Gasteiger partial charge < -0.3 is 15.4 Å². The van der Waals surface area contributed by atoms with Crippen molar-refractivity contribution >= 4 is 30.1 Å². The zero-order chi connectivity index (χ0) is 18.7. The van der Waals surface area contributed by atoms with Gasteiger partial charge in [-0.3, -0.25) is 19.2 Å². The number of hydrogen-bond donors (Lipinski definition) is 2. The van der Waals surface area contributed by atoms with Crippen molar-refractivity contribution in [1.29, 1.82) is 0 Å². The summed E-state index contributed by atoms with van der Waals surface area (Å²) in [6.07, 6.45) is -0.462. The highest BCUT2D eigenvalue weighted by molar-refractivity contribution is 5.92. The van der Waals surface area contributed by atoms with Gasteiger partial charge in [-0.2, -0.15) is 0 Å². The number of amides is 3. The number of benzene rings is 1. The van der Waals surface area contributed by atoms with Crippen molar-refractivity contribution in [3.05, 3.63) is 29.8 Å². The Bertz CT molecular complexity index is 602. The largest absolute Gasteiger partial charge is 0.534 e. The van der Waals surface area contributed by atoms with E-state index in [2.05, 4.69) is 15.5 Å². The second-order valence-electron chi connectivity index (χ2n) is 4.98. The Kier molecular flexibility index (Phi) is 8.66. The monoisotopic (exact) mass is 351 g/mol. The topological polar surface area (TPSA) is 114 Å². The Morgan fingerprint density at radius 2 is 1.88 bits per heavy atom. The van der Waals surface area contributed by atoms with Crippen LogP contribution in [0.1, 0.15) is 25.3 Å². The normalized spacial score (nSPS) is 9.84. The van der Waals surface area contributed by atoms with Crippen molar-refractivity contribution < 1.29 is 28.8 Å². The van der Waals surface area contributed by atoms with E-state index in [-0.39, 0.29) is 31.9 Å². The first-order valence-electron chi connectivity index (χ1n) is 7.65. The molecule has 0 saturated heterocycles. The lowest BCUT2D eigenvalue weighted by atomic mass is 10.2. The summed E-state index contributed by atoms with van der Waals surface area (Å²) in [5.74, 6) is -0.808. The minimum atomic E-state index is -1.16. The molecule has 0 fully saturated rings. The Morgan fingerprint density at radius 3 is 2.44 bits per heavy atom. The number of nitrogens with one attached hydrogen (secondary N) is 2. The molecule has 0 radical (unpaired) electrons. The van der Waals surface area contributed by atoms with Crippen molar-refractivity contribution in [2.75, 3.05) is 18.9 Å². The van der Waals surface area contributed by atoms with E-state index in [1.807, 2.05) is 0 Å². The van der Waals surface area contributed by atoms with E-state index in [1.165, 1.54) is 0 Å². The molecule has 0 bridgehead atoms. The molecule has 9 nitrogen and oxygen atoms in total. The van der Waals surface area contributed by atoms with E-state index in [0.717, 1.165) is 0 Å². The van der Waals surface area contributed by atoms with Gasteiger partial charge in [-0.05, 0) is 31.2 Å². The first-order valence-corrected chi connectivity index (χ1v) is 7.65. The highest BCUT2D eigenvalue weighted by Crippen LogP contribution is 2.11. The number of hydrogen-bond acceptors (Lipinski definition) is 7. The fourth-order valence-corrected chi connectivity index (χ4v) is 1.75. The van der Waals surface area contributed by atoms with Crippen LogP contribution in [0.5, 0.6) is 0 Å². The molecule has 0 aromatic heterocycles. The van der Waals surface area contributed by atoms with Crippen molar-refractivity contribution in [3.8, 4) is 0 Å². The van der Waals surface area contributed by atoms with E-state index in [9.17, 15) is 19.2 Å². The predicted molar refractivity (Wildman–Crippen MR) is 88.1 cm³/mol. The Morgan fingerprint density at radius 1 is 1.20 bits per heavy atom. The summed E-state index contributed by atoms with van der Waals surface area (Å²) in [6.45, 7) is 1.84. The molecule has 0 saturated carbocycles. The summed E-state index contributed by atoms with van der Waals surface area (Å²) in [7, 11) is 1.67. The van der Waals surface area contributed by atoms with Crippen molar-refractivity contribution in [2.24, 2.45) is 0 Å². The van der Waals surface area contributed by atoms with Crippen LogP contribution in [0.15, 0.2) is 24.3 Å². The van der Waals surface area contributed by atoms with Crippen LogP contribution in [0.2, 0.25) is 0 Å². The number of anilines is 1. The molecule has 25 heavy (non-hydrogen) atoms. The second kappa shape index (κ2) is 10.8. The van der Waals surface area contributed by atoms with Gasteiger partial charge in [-0.1, -0.05) is 19.1 Å². The van der Waals surface area contributed by atoms with Crippen molar-refractivity contribution in [1.82, 2.24) is 10.4 Å². The molecule has 1 aromatic rings. The molecular formula is C16H21N3O6. The van der Waals surface area contributed by atoms with Crippen LogP contribution in [0.4, 0.5) is 10.5 Å². The number of carbonyl (C=O) groups is 4. The molecule has 0 spiro atoms. The molecule has 136 valence electrons. The molecule has 0 aliphatic carbocycles. The van der Waals surface area contributed by atoms with Gasteiger partial charge in [0.2, 0.25) is 5.91 Å². The molecule has 0 unspecified atom stereocenters. The van der Waals surface area contributed by atoms with E-state index >= 15 is 0 Å². The van der Waals surface area contributed by atoms with Gasteiger partial charge >= 0.3 is 6.16 Å². The van der Waals surface area contributed by atoms with Crippen LogP contribution < -0.4 is 10.6 Å². The molecule has 0 aliphatic rings. The third-order valence-electron chi connectivity index (χ3n) is 2.91. The summed E-state index contributed by atoms with van der Waals surface area (Å²) in [4.78, 5) is 49.7. The molecule has 2 N–H and O–H groups in total. The highest BCUT2D eigenvalue weighted by Gasteiger charge is 2.18. The molecule has 1 aromatic carbocycles. The maximum Gasteiger partial charge on any atom is 0.534 e. The van der Waals surface area contributed by atoms with Crippen LogP contribution in [0, 0.1) is 0 Å². The van der Waals surface area contributed by atoms with Gasteiger partial charge in [-0.15, -0.1) is 5.06 Å². The quantitative estimate of drug-likeness (QED) is 0.411. The Labute approximate surface area is 145 Å². The lowest BCUT2D eigenvalue weighted by Crippen LogP contribution is -2.32. The zero-order valence-corrected chi connectivity index (χ0v) is 14.1. The van der Waals surface area contributed by atoms with Crippen LogP contribution >= 0.6 is 0 Å². The summed E-state index contributed by atoms with van der Waals surface area (Å²) < 4.78 is 4.84. The maximum absolute atomic E-state index is 11.5. The van der Waals surface area contributed by atoms with Crippen LogP contribution in [-0.2, 0) is 30.6 Å². The average molecular weight is 351 g/mol. The number of carbonyl (C=O) groups excluding carboxylic acids is 4. The van der Waals surface area contributed by atoms with E-state index < -0.39 is 12.1 Å². The molecule has 1 rings (SSSR count). The summed E-state index contributed by atoms with van der Waals surface area (Å²) in [5.41, 5.74) is 1.24. The third-order valence-corrected chi connectivity index (χ3v) is 2.91. The van der Waals surface area contributed by atoms with Gasteiger partial charge in [0.05, 0.1) is 6.54 Å². The molecule has 0 aliphatic heterocycles. The minimum Gasteiger partial charge on any atom is -0.428 e. The lowest BCUT2D eigenvalue weighted by molar-refractivity contribution is -0.176. The van der Waals surface area contributed by atoms with Gasteiger partial charge in [-0.25, -0.2) is 4.79 Å². The van der Waals surface area contributed by atoms with E-state index in [0.29, 0.717) is 22.7 Å². The number of ether oxygens (including phenoxy) is 1.